The van der Waals surface area contributed by atoms with Crippen LogP contribution in [0.5, 0.6) is 0 Å². The van der Waals surface area contributed by atoms with Gasteiger partial charge in [-0.25, -0.2) is 0 Å². The molecule has 0 fully saturated rings. The van der Waals surface area contributed by atoms with Crippen LogP contribution in [0.1, 0.15) is 0 Å². The lowest BCUT2D eigenvalue weighted by Gasteiger charge is -2.11. The number of hydrogen-bond donors (Lipinski definition) is 2. The number of thiol groups is 1. The molecule has 0 saturated carbocycles. The first-order chi connectivity index (χ1) is 3.68. The first-order valence-electron chi connectivity index (χ1n) is 2.28. The highest BCUT2D eigenvalue weighted by Gasteiger charge is 1.91. The molecule has 0 saturated heterocycles. The predicted octanol–water partition coefficient (Wildman–Crippen LogP) is 0.969. The summed E-state index contributed by atoms with van der Waals surface area (Å²) < 4.78 is 0. The molecule has 0 aliphatic carbocycles. The Hall–Kier alpha value is -0.440. The van der Waals surface area contributed by atoms with Crippen LogP contribution >= 0.6 is 12.6 Å². The van der Waals surface area contributed by atoms with Crippen molar-refractivity contribution in [2.24, 2.45) is 0 Å². The smallest absolute Gasteiger partial charge is 0.153 e. The summed E-state index contributed by atoms with van der Waals surface area (Å²) in [6, 6.07) is 0. The van der Waals surface area contributed by atoms with Crippen molar-refractivity contribution in [3.63, 3.8) is 0 Å². The van der Waals surface area contributed by atoms with Gasteiger partial charge in [-0.15, -0.1) is 19.2 Å². The molecule has 0 aliphatic rings. The molecule has 3 heteroatoms. The molecule has 0 aromatic rings. The second kappa shape index (κ2) is 3.55. The van der Waals surface area contributed by atoms with Crippen molar-refractivity contribution in [1.29, 1.82) is 5.41 Å². The third-order valence-corrected chi connectivity index (χ3v) is 1.11. The van der Waals surface area contributed by atoms with Gasteiger partial charge in [-0.1, -0.05) is 6.08 Å². The Balaban J connectivity index is 3.46. The summed E-state index contributed by atoms with van der Waals surface area (Å²) in [5.74, 6) is 0. The third kappa shape index (κ3) is 2.69. The van der Waals surface area contributed by atoms with Crippen LogP contribution in [0.4, 0.5) is 0 Å². The molecule has 46 valence electrons. The summed E-state index contributed by atoms with van der Waals surface area (Å²) in [5.41, 5.74) is 0. The average Bonchev–Trinajstić information content (AvgIpc) is 1.67. The van der Waals surface area contributed by atoms with Crippen molar-refractivity contribution in [2.75, 3.05) is 13.6 Å². The highest BCUT2D eigenvalue weighted by molar-refractivity contribution is 7.96. The Kier molecular flexibility index (Phi) is 3.35. The number of nitrogens with zero attached hydrogens (tertiary/aromatic N) is 1. The highest BCUT2D eigenvalue weighted by Crippen LogP contribution is 1.87. The van der Waals surface area contributed by atoms with Gasteiger partial charge in [-0.3, -0.25) is 5.41 Å². The van der Waals surface area contributed by atoms with E-state index in [1.54, 1.807) is 18.0 Å². The van der Waals surface area contributed by atoms with Crippen LogP contribution in [-0.2, 0) is 0 Å². The molecule has 0 bridgehead atoms. The second-order valence-electron chi connectivity index (χ2n) is 1.49. The van der Waals surface area contributed by atoms with E-state index in [0.717, 1.165) is 0 Å². The van der Waals surface area contributed by atoms with Crippen LogP contribution in [-0.4, -0.2) is 23.7 Å². The van der Waals surface area contributed by atoms with E-state index in [4.69, 9.17) is 5.41 Å². The van der Waals surface area contributed by atoms with Crippen molar-refractivity contribution >= 4 is 17.8 Å². The fourth-order valence-corrected chi connectivity index (χ4v) is 0.362. The molecule has 8 heavy (non-hydrogen) atoms. The third-order valence-electron chi connectivity index (χ3n) is 0.765. The fraction of sp³-hybridized carbons (Fsp3) is 0.400. The standard InChI is InChI=1S/C5H10N2S/c1-3-4-7(2)5(6)8/h3H,1,4H2,2H3,(H2,6,8). The lowest BCUT2D eigenvalue weighted by atomic mass is 10.6. The first-order valence-corrected chi connectivity index (χ1v) is 2.72. The molecule has 0 rings (SSSR count). The van der Waals surface area contributed by atoms with E-state index < -0.39 is 0 Å². The monoisotopic (exact) mass is 130 g/mol. The van der Waals surface area contributed by atoms with Crippen LogP contribution in [0, 0.1) is 5.41 Å². The van der Waals surface area contributed by atoms with Gasteiger partial charge < -0.3 is 4.90 Å². The van der Waals surface area contributed by atoms with E-state index in [0.29, 0.717) is 6.54 Å². The average molecular weight is 130 g/mol. The number of rotatable bonds is 2. The Morgan fingerprint density at radius 3 is 2.62 bits per heavy atom. The van der Waals surface area contributed by atoms with Crippen molar-refractivity contribution in [3.8, 4) is 0 Å². The molecule has 0 radical (unpaired) electrons. The van der Waals surface area contributed by atoms with Gasteiger partial charge in [0.2, 0.25) is 0 Å². The van der Waals surface area contributed by atoms with Crippen molar-refractivity contribution in [3.05, 3.63) is 12.7 Å². The topological polar surface area (TPSA) is 27.1 Å². The van der Waals surface area contributed by atoms with Crippen LogP contribution in [0.3, 0.4) is 0 Å². The van der Waals surface area contributed by atoms with Gasteiger partial charge in [-0.05, 0) is 0 Å². The van der Waals surface area contributed by atoms with E-state index in [9.17, 15) is 0 Å². The molecule has 1 N–H and O–H groups in total. The Labute approximate surface area is 55.1 Å². The quantitative estimate of drug-likeness (QED) is 0.248. The molecule has 0 unspecified atom stereocenters. The minimum absolute atomic E-state index is 0.268. The molecule has 0 aromatic heterocycles. The first kappa shape index (κ1) is 7.56. The lowest BCUT2D eigenvalue weighted by Crippen LogP contribution is -2.20. The SMILES string of the molecule is C=CCN(C)C(=N)S. The number of nitrogens with one attached hydrogen (secondary N) is 1. The summed E-state index contributed by atoms with van der Waals surface area (Å²) in [6.07, 6.45) is 1.73. The zero-order valence-electron chi connectivity index (χ0n) is 4.89. The van der Waals surface area contributed by atoms with E-state index in [2.05, 4.69) is 19.2 Å². The maximum Gasteiger partial charge on any atom is 0.153 e. The Morgan fingerprint density at radius 2 is 2.50 bits per heavy atom. The molecule has 0 aliphatic heterocycles. The van der Waals surface area contributed by atoms with Crippen LogP contribution < -0.4 is 0 Å². The summed E-state index contributed by atoms with van der Waals surface area (Å²) in [5, 5.41) is 7.21. The fourth-order valence-electron chi connectivity index (χ4n) is 0.280. The summed E-state index contributed by atoms with van der Waals surface area (Å²) >= 11 is 3.79. The predicted molar refractivity (Wildman–Crippen MR) is 39.5 cm³/mol. The Morgan fingerprint density at radius 1 is 2.00 bits per heavy atom. The summed E-state index contributed by atoms with van der Waals surface area (Å²) in [6.45, 7) is 4.19. The minimum Gasteiger partial charge on any atom is -0.351 e. The molecule has 0 heterocycles. The van der Waals surface area contributed by atoms with Crippen molar-refractivity contribution in [1.82, 2.24) is 4.90 Å². The van der Waals surface area contributed by atoms with Gasteiger partial charge in [0.25, 0.3) is 0 Å². The van der Waals surface area contributed by atoms with E-state index >= 15 is 0 Å². The maximum atomic E-state index is 6.95. The van der Waals surface area contributed by atoms with Gasteiger partial charge in [-0.2, -0.15) is 0 Å². The maximum absolute atomic E-state index is 6.95. The molecule has 0 atom stereocenters. The molecule has 0 aromatic carbocycles. The molecule has 0 spiro atoms. The Bertz CT molecular complexity index is 101. The normalized spacial score (nSPS) is 8.25. The van der Waals surface area contributed by atoms with Crippen LogP contribution in [0.15, 0.2) is 12.7 Å². The number of amidine groups is 1. The molecular formula is C5H10N2S. The largest absolute Gasteiger partial charge is 0.351 e. The van der Waals surface area contributed by atoms with Gasteiger partial charge in [0.15, 0.2) is 5.17 Å². The zero-order valence-corrected chi connectivity index (χ0v) is 5.78. The van der Waals surface area contributed by atoms with E-state index in [-0.39, 0.29) is 5.17 Å². The van der Waals surface area contributed by atoms with E-state index in [1.807, 2.05) is 0 Å². The van der Waals surface area contributed by atoms with Gasteiger partial charge >= 0.3 is 0 Å². The lowest BCUT2D eigenvalue weighted by molar-refractivity contribution is 0.573. The number of likely N-dealkylation sites (N-methyl/N-ethyl adjacent to an activating group) is 1. The van der Waals surface area contributed by atoms with Crippen molar-refractivity contribution < 1.29 is 0 Å². The summed E-state index contributed by atoms with van der Waals surface area (Å²) in [4.78, 5) is 1.68. The van der Waals surface area contributed by atoms with Gasteiger partial charge in [0, 0.05) is 13.6 Å². The van der Waals surface area contributed by atoms with Crippen molar-refractivity contribution in [2.45, 2.75) is 0 Å². The number of hydrogen-bond acceptors (Lipinski definition) is 1. The minimum atomic E-state index is 0.268. The molecule has 2 nitrogen and oxygen atoms in total. The molecule has 0 amide bonds. The van der Waals surface area contributed by atoms with Gasteiger partial charge in [0.1, 0.15) is 0 Å². The highest BCUT2D eigenvalue weighted by atomic mass is 32.1. The van der Waals surface area contributed by atoms with Gasteiger partial charge in [0.05, 0.1) is 0 Å². The van der Waals surface area contributed by atoms with E-state index in [1.165, 1.54) is 0 Å². The van der Waals surface area contributed by atoms with Crippen LogP contribution in [0.25, 0.3) is 0 Å². The van der Waals surface area contributed by atoms with Crippen LogP contribution in [0.2, 0.25) is 0 Å². The summed E-state index contributed by atoms with van der Waals surface area (Å²) in [7, 11) is 1.79. The molecular weight excluding hydrogens is 120 g/mol. The zero-order chi connectivity index (χ0) is 6.57. The second-order valence-corrected chi connectivity index (χ2v) is 1.92.